The van der Waals surface area contributed by atoms with E-state index in [2.05, 4.69) is 10.1 Å². The zero-order valence-corrected chi connectivity index (χ0v) is 11.4. The molecule has 0 spiro atoms. The van der Waals surface area contributed by atoms with Gasteiger partial charge in [-0.15, -0.1) is 0 Å². The van der Waals surface area contributed by atoms with E-state index in [1.54, 1.807) is 0 Å². The van der Waals surface area contributed by atoms with Gasteiger partial charge in [0.1, 0.15) is 23.2 Å². The van der Waals surface area contributed by atoms with Gasteiger partial charge in [-0.3, -0.25) is 9.59 Å². The fraction of sp³-hybridized carbons (Fsp3) is 0.308. The number of benzene rings is 1. The quantitative estimate of drug-likeness (QED) is 0.745. The smallest absolute Gasteiger partial charge is 0.326 e. The van der Waals surface area contributed by atoms with Crippen molar-refractivity contribution in [3.8, 4) is 5.75 Å². The van der Waals surface area contributed by atoms with Crippen molar-refractivity contribution in [2.45, 2.75) is 12.5 Å². The van der Waals surface area contributed by atoms with E-state index in [1.165, 1.54) is 19.2 Å². The number of methoxy groups -OCH3 is 2. The monoisotopic (exact) mass is 299 g/mol. The first-order valence-electron chi connectivity index (χ1n) is 5.83. The van der Waals surface area contributed by atoms with Crippen molar-refractivity contribution in [3.05, 3.63) is 29.6 Å². The summed E-state index contributed by atoms with van der Waals surface area (Å²) in [5.41, 5.74) is -0.434. The van der Waals surface area contributed by atoms with Gasteiger partial charge in [-0.25, -0.2) is 9.18 Å². The molecule has 8 heteroatoms. The summed E-state index contributed by atoms with van der Waals surface area (Å²) in [6, 6.07) is 2.20. The van der Waals surface area contributed by atoms with E-state index >= 15 is 0 Å². The van der Waals surface area contributed by atoms with Crippen molar-refractivity contribution in [1.82, 2.24) is 5.32 Å². The highest BCUT2D eigenvalue weighted by molar-refractivity contribution is 5.99. The molecule has 2 N–H and O–H groups in total. The molecule has 114 valence electrons. The van der Waals surface area contributed by atoms with Crippen LogP contribution < -0.4 is 10.1 Å². The highest BCUT2D eigenvalue weighted by atomic mass is 19.1. The zero-order chi connectivity index (χ0) is 16.0. The van der Waals surface area contributed by atoms with Gasteiger partial charge in [0.15, 0.2) is 0 Å². The predicted octanol–water partition coefficient (Wildman–Crippen LogP) is 0.580. The normalized spacial score (nSPS) is 11.4. The van der Waals surface area contributed by atoms with Crippen LogP contribution in [0.2, 0.25) is 0 Å². The maximum Gasteiger partial charge on any atom is 0.326 e. The molecule has 0 radical (unpaired) electrons. The number of esters is 1. The number of carboxylic acid groups (broad SMARTS) is 1. The Labute approximate surface area is 119 Å². The van der Waals surface area contributed by atoms with Crippen molar-refractivity contribution in [3.63, 3.8) is 0 Å². The Morgan fingerprint density at radius 1 is 1.33 bits per heavy atom. The number of rotatable bonds is 6. The summed E-state index contributed by atoms with van der Waals surface area (Å²) < 4.78 is 22.9. The van der Waals surface area contributed by atoms with E-state index in [4.69, 9.17) is 9.84 Å². The van der Waals surface area contributed by atoms with Crippen LogP contribution in [0.15, 0.2) is 18.2 Å². The second kappa shape index (κ2) is 7.22. The van der Waals surface area contributed by atoms with E-state index in [0.717, 1.165) is 13.2 Å². The molecule has 1 aromatic rings. The van der Waals surface area contributed by atoms with Gasteiger partial charge < -0.3 is 19.9 Å². The minimum absolute atomic E-state index is 0.0466. The molecular formula is C13H14FNO6. The lowest BCUT2D eigenvalue weighted by atomic mass is 10.1. The summed E-state index contributed by atoms with van der Waals surface area (Å²) in [5, 5.41) is 11.0. The zero-order valence-electron chi connectivity index (χ0n) is 11.4. The van der Waals surface area contributed by atoms with Crippen molar-refractivity contribution in [2.24, 2.45) is 0 Å². The average molecular weight is 299 g/mol. The van der Waals surface area contributed by atoms with E-state index < -0.39 is 41.7 Å². The van der Waals surface area contributed by atoms with Crippen LogP contribution in [0.5, 0.6) is 5.75 Å². The first kappa shape index (κ1) is 16.4. The molecule has 0 aliphatic heterocycles. The van der Waals surface area contributed by atoms with Crippen molar-refractivity contribution < 1.29 is 33.4 Å². The van der Waals surface area contributed by atoms with Gasteiger partial charge in [-0.2, -0.15) is 0 Å². The highest BCUT2D eigenvalue weighted by Gasteiger charge is 2.27. The average Bonchev–Trinajstić information content (AvgIpc) is 2.45. The lowest BCUT2D eigenvalue weighted by Gasteiger charge is -2.15. The Morgan fingerprint density at radius 2 is 2.00 bits per heavy atom. The minimum Gasteiger partial charge on any atom is -0.496 e. The standard InChI is InChI=1S/C13H14FNO6/c1-20-9-5-3-4-7(14)11(9)12(17)15-8(13(18)19)6-10(16)21-2/h3-5,8H,6H2,1-2H3,(H,15,17)(H,18,19)/t8-/m0/s1. The molecule has 0 heterocycles. The van der Waals surface area contributed by atoms with Crippen molar-refractivity contribution in [1.29, 1.82) is 0 Å². The van der Waals surface area contributed by atoms with Gasteiger partial charge >= 0.3 is 11.9 Å². The molecule has 0 fully saturated rings. The van der Waals surface area contributed by atoms with E-state index in [9.17, 15) is 18.8 Å². The second-order valence-corrected chi connectivity index (χ2v) is 3.96. The number of ether oxygens (including phenoxy) is 2. The van der Waals surface area contributed by atoms with Crippen LogP contribution >= 0.6 is 0 Å². The summed E-state index contributed by atoms with van der Waals surface area (Å²) in [6.45, 7) is 0. The summed E-state index contributed by atoms with van der Waals surface area (Å²) in [4.78, 5) is 34.1. The third-order valence-corrected chi connectivity index (χ3v) is 2.62. The van der Waals surface area contributed by atoms with E-state index in [-0.39, 0.29) is 5.75 Å². The third kappa shape index (κ3) is 4.16. The summed E-state index contributed by atoms with van der Waals surface area (Å²) in [6.07, 6.45) is -0.575. The van der Waals surface area contributed by atoms with Gasteiger partial charge in [0.25, 0.3) is 5.91 Å². The molecule has 21 heavy (non-hydrogen) atoms. The summed E-state index contributed by atoms with van der Waals surface area (Å²) in [5.74, 6) is -4.17. The van der Waals surface area contributed by atoms with Crippen molar-refractivity contribution >= 4 is 17.8 Å². The minimum atomic E-state index is -1.53. The molecule has 1 atom stereocenters. The van der Waals surface area contributed by atoms with Gasteiger partial charge in [-0.1, -0.05) is 6.07 Å². The molecule has 1 rings (SSSR count). The van der Waals surface area contributed by atoms with Crippen LogP contribution in [-0.2, 0) is 14.3 Å². The molecule has 0 bridgehead atoms. The lowest BCUT2D eigenvalue weighted by Crippen LogP contribution is -2.42. The Kier molecular flexibility index (Phi) is 5.65. The molecule has 1 amide bonds. The largest absolute Gasteiger partial charge is 0.496 e. The second-order valence-electron chi connectivity index (χ2n) is 3.96. The van der Waals surface area contributed by atoms with Gasteiger partial charge in [0.05, 0.1) is 20.6 Å². The summed E-state index contributed by atoms with van der Waals surface area (Å²) in [7, 11) is 2.33. The van der Waals surface area contributed by atoms with Crippen LogP contribution in [0.4, 0.5) is 4.39 Å². The summed E-state index contributed by atoms with van der Waals surface area (Å²) >= 11 is 0. The molecule has 0 unspecified atom stereocenters. The fourth-order valence-electron chi connectivity index (χ4n) is 1.58. The Hall–Kier alpha value is -2.64. The lowest BCUT2D eigenvalue weighted by molar-refractivity contribution is -0.147. The molecule has 7 nitrogen and oxygen atoms in total. The number of halogens is 1. The Morgan fingerprint density at radius 3 is 2.52 bits per heavy atom. The first-order chi connectivity index (χ1) is 9.90. The molecule has 0 aliphatic carbocycles. The molecule has 0 aromatic heterocycles. The van der Waals surface area contributed by atoms with Gasteiger partial charge in [0.2, 0.25) is 0 Å². The number of carboxylic acids is 1. The number of nitrogens with one attached hydrogen (secondary N) is 1. The van der Waals surface area contributed by atoms with E-state index in [0.29, 0.717) is 0 Å². The number of hydrogen-bond acceptors (Lipinski definition) is 5. The number of carbonyl (C=O) groups excluding carboxylic acids is 2. The van der Waals surface area contributed by atoms with Crippen LogP contribution in [0.3, 0.4) is 0 Å². The van der Waals surface area contributed by atoms with E-state index in [1.807, 2.05) is 0 Å². The SMILES string of the molecule is COC(=O)C[C@H](NC(=O)c1c(F)cccc1OC)C(=O)O. The Balaban J connectivity index is 2.97. The Bertz CT molecular complexity index is 560. The maximum absolute atomic E-state index is 13.7. The van der Waals surface area contributed by atoms with Crippen LogP contribution in [-0.4, -0.2) is 43.2 Å². The van der Waals surface area contributed by atoms with Crippen molar-refractivity contribution in [2.75, 3.05) is 14.2 Å². The van der Waals surface area contributed by atoms with Crippen LogP contribution in [0.25, 0.3) is 0 Å². The molecule has 0 saturated heterocycles. The first-order valence-corrected chi connectivity index (χ1v) is 5.83. The number of carbonyl (C=O) groups is 3. The third-order valence-electron chi connectivity index (χ3n) is 2.62. The fourth-order valence-corrected chi connectivity index (χ4v) is 1.58. The molecule has 1 aromatic carbocycles. The number of amides is 1. The van der Waals surface area contributed by atoms with Crippen LogP contribution in [0, 0.1) is 5.82 Å². The predicted molar refractivity (Wildman–Crippen MR) is 68.5 cm³/mol. The topological polar surface area (TPSA) is 102 Å². The maximum atomic E-state index is 13.7. The van der Waals surface area contributed by atoms with Gasteiger partial charge in [-0.05, 0) is 12.1 Å². The highest BCUT2D eigenvalue weighted by Crippen LogP contribution is 2.21. The number of hydrogen-bond donors (Lipinski definition) is 2. The van der Waals surface area contributed by atoms with Gasteiger partial charge in [0, 0.05) is 0 Å². The van der Waals surface area contributed by atoms with Crippen LogP contribution in [0.1, 0.15) is 16.8 Å². The molecule has 0 saturated carbocycles. The molecular weight excluding hydrogens is 285 g/mol. The molecule has 0 aliphatic rings. The number of aliphatic carboxylic acids is 1.